The van der Waals surface area contributed by atoms with Crippen molar-refractivity contribution >= 4 is 32.9 Å². The number of hydrogen-bond donors (Lipinski definition) is 1. The molecule has 4 rings (SSSR count). The van der Waals surface area contributed by atoms with Gasteiger partial charge in [-0.15, -0.1) is 0 Å². The molecule has 1 N–H and O–H groups in total. The molecule has 1 fully saturated rings. The highest BCUT2D eigenvalue weighted by atomic mass is 32.2. The van der Waals surface area contributed by atoms with Crippen molar-refractivity contribution in [3.05, 3.63) is 59.9 Å². The van der Waals surface area contributed by atoms with Crippen LogP contribution in [0.2, 0.25) is 0 Å². The molecule has 0 radical (unpaired) electrons. The van der Waals surface area contributed by atoms with Gasteiger partial charge in [-0.1, -0.05) is 12.1 Å². The van der Waals surface area contributed by atoms with Crippen molar-refractivity contribution < 1.29 is 18.0 Å². The molecular formula is C22H25N5O4S. The van der Waals surface area contributed by atoms with Gasteiger partial charge in [-0.25, -0.2) is 13.4 Å². The molecule has 0 saturated carbocycles. The molecule has 2 aromatic carbocycles. The average Bonchev–Trinajstić information content (AvgIpc) is 3.15. The van der Waals surface area contributed by atoms with Crippen LogP contribution in [0.3, 0.4) is 0 Å². The first-order valence-electron chi connectivity index (χ1n) is 10.4. The van der Waals surface area contributed by atoms with E-state index >= 15 is 0 Å². The summed E-state index contributed by atoms with van der Waals surface area (Å²) in [5.41, 5.74) is 2.28. The SMILES string of the molecule is CCn1c(CN(C)C(=O)c2ccc(S(=O)(=O)N3CCNC(=O)C3)cc2)nc2ccccc21. The van der Waals surface area contributed by atoms with Crippen molar-refractivity contribution in [3.63, 3.8) is 0 Å². The molecule has 1 aliphatic heterocycles. The predicted octanol–water partition coefficient (Wildman–Crippen LogP) is 1.45. The first kappa shape index (κ1) is 22.0. The van der Waals surface area contributed by atoms with Crippen LogP contribution in [-0.4, -0.2) is 65.7 Å². The fourth-order valence-corrected chi connectivity index (χ4v) is 5.24. The number of nitrogens with one attached hydrogen (secondary N) is 1. The van der Waals surface area contributed by atoms with E-state index in [0.717, 1.165) is 27.7 Å². The summed E-state index contributed by atoms with van der Waals surface area (Å²) in [4.78, 5) is 30.8. The molecule has 1 saturated heterocycles. The van der Waals surface area contributed by atoms with Gasteiger partial charge in [-0.2, -0.15) is 4.31 Å². The number of imidazole rings is 1. The lowest BCUT2D eigenvalue weighted by Crippen LogP contribution is -2.49. The van der Waals surface area contributed by atoms with Gasteiger partial charge in [0.05, 0.1) is 29.0 Å². The first-order chi connectivity index (χ1) is 15.3. The number of aromatic nitrogens is 2. The third-order valence-corrected chi connectivity index (χ3v) is 7.38. The Kier molecular flexibility index (Phi) is 5.98. The van der Waals surface area contributed by atoms with Crippen LogP contribution in [0.1, 0.15) is 23.1 Å². The molecule has 0 atom stereocenters. The fourth-order valence-electron chi connectivity index (χ4n) is 3.84. The molecule has 1 aliphatic rings. The summed E-state index contributed by atoms with van der Waals surface area (Å²) < 4.78 is 28.8. The Morgan fingerprint density at radius 3 is 2.56 bits per heavy atom. The number of sulfonamides is 1. The number of aryl methyl sites for hydroxylation is 1. The van der Waals surface area contributed by atoms with Gasteiger partial charge in [0.2, 0.25) is 15.9 Å². The molecule has 2 amide bonds. The molecule has 168 valence electrons. The summed E-state index contributed by atoms with van der Waals surface area (Å²) >= 11 is 0. The molecule has 10 heteroatoms. The molecule has 9 nitrogen and oxygen atoms in total. The van der Waals surface area contributed by atoms with Crippen molar-refractivity contribution in [3.8, 4) is 0 Å². The predicted molar refractivity (Wildman–Crippen MR) is 119 cm³/mol. The van der Waals surface area contributed by atoms with Gasteiger partial charge in [0.25, 0.3) is 5.91 Å². The van der Waals surface area contributed by atoms with Crippen LogP contribution >= 0.6 is 0 Å². The molecule has 0 spiro atoms. The minimum Gasteiger partial charge on any atom is -0.354 e. The topological polar surface area (TPSA) is 105 Å². The molecule has 0 unspecified atom stereocenters. The van der Waals surface area contributed by atoms with Crippen LogP contribution < -0.4 is 5.32 Å². The lowest BCUT2D eigenvalue weighted by molar-refractivity contribution is -0.122. The first-order valence-corrected chi connectivity index (χ1v) is 11.8. The van der Waals surface area contributed by atoms with E-state index in [4.69, 9.17) is 0 Å². The molecule has 32 heavy (non-hydrogen) atoms. The number of piperazine rings is 1. The Labute approximate surface area is 186 Å². The summed E-state index contributed by atoms with van der Waals surface area (Å²) in [5, 5.41) is 2.61. The van der Waals surface area contributed by atoms with Crippen LogP contribution in [0.4, 0.5) is 0 Å². The molecular weight excluding hydrogens is 430 g/mol. The van der Waals surface area contributed by atoms with E-state index in [1.165, 1.54) is 24.3 Å². The Bertz CT molecular complexity index is 1270. The number of hydrogen-bond acceptors (Lipinski definition) is 5. The van der Waals surface area contributed by atoms with Crippen molar-refractivity contribution in [2.75, 3.05) is 26.7 Å². The van der Waals surface area contributed by atoms with Gasteiger partial charge in [0.1, 0.15) is 5.82 Å². The van der Waals surface area contributed by atoms with E-state index in [0.29, 0.717) is 12.1 Å². The third kappa shape index (κ3) is 4.11. The lowest BCUT2D eigenvalue weighted by Gasteiger charge is -2.26. The van der Waals surface area contributed by atoms with Crippen LogP contribution in [0.15, 0.2) is 53.4 Å². The molecule has 0 bridgehead atoms. The van der Waals surface area contributed by atoms with E-state index in [1.807, 2.05) is 31.2 Å². The average molecular weight is 456 g/mol. The maximum Gasteiger partial charge on any atom is 0.254 e. The number of fused-ring (bicyclic) bond motifs is 1. The van der Waals surface area contributed by atoms with Crippen molar-refractivity contribution in [2.24, 2.45) is 0 Å². The van der Waals surface area contributed by atoms with Gasteiger partial charge in [0.15, 0.2) is 0 Å². The number of amides is 2. The second-order valence-electron chi connectivity index (χ2n) is 7.64. The Morgan fingerprint density at radius 1 is 1.16 bits per heavy atom. The van der Waals surface area contributed by atoms with Crippen LogP contribution in [0, 0.1) is 0 Å². The third-order valence-electron chi connectivity index (χ3n) is 5.52. The molecule has 1 aromatic heterocycles. The molecule has 0 aliphatic carbocycles. The fraction of sp³-hybridized carbons (Fsp3) is 0.318. The van der Waals surface area contributed by atoms with Crippen LogP contribution in [0.25, 0.3) is 11.0 Å². The number of nitrogens with zero attached hydrogens (tertiary/aromatic N) is 4. The quantitative estimate of drug-likeness (QED) is 0.606. The zero-order valence-corrected chi connectivity index (χ0v) is 18.8. The zero-order valence-electron chi connectivity index (χ0n) is 18.0. The lowest BCUT2D eigenvalue weighted by atomic mass is 10.2. The Morgan fingerprint density at radius 2 is 1.88 bits per heavy atom. The number of benzene rings is 2. The van der Waals surface area contributed by atoms with Crippen LogP contribution in [-0.2, 0) is 27.9 Å². The van der Waals surface area contributed by atoms with E-state index < -0.39 is 10.0 Å². The highest BCUT2D eigenvalue weighted by Gasteiger charge is 2.29. The monoisotopic (exact) mass is 455 g/mol. The molecule has 2 heterocycles. The highest BCUT2D eigenvalue weighted by Crippen LogP contribution is 2.20. The summed E-state index contributed by atoms with van der Waals surface area (Å²) in [6, 6.07) is 13.6. The van der Waals surface area contributed by atoms with E-state index in [2.05, 4.69) is 14.9 Å². The summed E-state index contributed by atoms with van der Waals surface area (Å²) in [6.45, 7) is 3.38. The van der Waals surface area contributed by atoms with E-state index in [9.17, 15) is 18.0 Å². The number of carbonyl (C=O) groups excluding carboxylic acids is 2. The van der Waals surface area contributed by atoms with Gasteiger partial charge < -0.3 is 14.8 Å². The Hall–Kier alpha value is -3.24. The maximum atomic E-state index is 12.9. The second-order valence-corrected chi connectivity index (χ2v) is 9.57. The van der Waals surface area contributed by atoms with Crippen molar-refractivity contribution in [1.82, 2.24) is 24.1 Å². The van der Waals surface area contributed by atoms with Crippen LogP contribution in [0.5, 0.6) is 0 Å². The second kappa shape index (κ2) is 8.71. The largest absolute Gasteiger partial charge is 0.354 e. The smallest absolute Gasteiger partial charge is 0.254 e. The van der Waals surface area contributed by atoms with E-state index in [1.54, 1.807) is 11.9 Å². The Balaban J connectivity index is 1.51. The minimum absolute atomic E-state index is 0.0548. The minimum atomic E-state index is -3.80. The summed E-state index contributed by atoms with van der Waals surface area (Å²) in [7, 11) is -2.10. The maximum absolute atomic E-state index is 12.9. The van der Waals surface area contributed by atoms with Gasteiger partial charge >= 0.3 is 0 Å². The zero-order chi connectivity index (χ0) is 22.9. The summed E-state index contributed by atoms with van der Waals surface area (Å²) in [6.07, 6.45) is 0. The number of rotatable bonds is 6. The van der Waals surface area contributed by atoms with Gasteiger partial charge in [0, 0.05) is 32.2 Å². The van der Waals surface area contributed by atoms with Gasteiger partial charge in [-0.05, 0) is 43.3 Å². The highest BCUT2D eigenvalue weighted by molar-refractivity contribution is 7.89. The normalized spacial score (nSPS) is 15.0. The number of carbonyl (C=O) groups is 2. The van der Waals surface area contributed by atoms with Gasteiger partial charge in [-0.3, -0.25) is 9.59 Å². The van der Waals surface area contributed by atoms with E-state index in [-0.39, 0.29) is 36.3 Å². The standard InChI is InChI=1S/C22H25N5O4S/c1-3-27-19-7-5-4-6-18(19)24-20(27)14-25(2)22(29)16-8-10-17(11-9-16)32(30,31)26-13-12-23-21(28)15-26/h4-11H,3,12-15H2,1-2H3,(H,23,28). The van der Waals surface area contributed by atoms with Crippen molar-refractivity contribution in [1.29, 1.82) is 0 Å². The molecule has 3 aromatic rings. The van der Waals surface area contributed by atoms with Crippen molar-refractivity contribution in [2.45, 2.75) is 24.9 Å². The summed E-state index contributed by atoms with van der Waals surface area (Å²) in [5.74, 6) is 0.222. The number of para-hydroxylation sites is 2.